The fourth-order valence-electron chi connectivity index (χ4n) is 3.68. The quantitative estimate of drug-likeness (QED) is 0.131. The molecular weight excluding hydrogens is 404 g/mol. The highest BCUT2D eigenvalue weighted by atomic mass is 16.6. The van der Waals surface area contributed by atoms with E-state index in [1.54, 1.807) is 0 Å². The van der Waals surface area contributed by atoms with E-state index < -0.39 is 6.10 Å². The molecule has 5 heteroatoms. The van der Waals surface area contributed by atoms with Crippen LogP contribution < -0.4 is 0 Å². The van der Waals surface area contributed by atoms with Gasteiger partial charge in [-0.1, -0.05) is 111 Å². The third-order valence-corrected chi connectivity index (χ3v) is 5.77. The molecule has 0 rings (SSSR count). The van der Waals surface area contributed by atoms with Crippen molar-refractivity contribution in [2.75, 3.05) is 13.2 Å². The van der Waals surface area contributed by atoms with Crippen LogP contribution in [-0.2, 0) is 19.1 Å². The van der Waals surface area contributed by atoms with Gasteiger partial charge in [0.05, 0.1) is 0 Å². The highest BCUT2D eigenvalue weighted by molar-refractivity contribution is 5.69. The molecule has 0 aliphatic heterocycles. The summed E-state index contributed by atoms with van der Waals surface area (Å²) in [6.45, 7) is 6.53. The molecule has 190 valence electrons. The van der Waals surface area contributed by atoms with Crippen LogP contribution in [0, 0.1) is 5.92 Å². The molecule has 0 amide bonds. The van der Waals surface area contributed by atoms with E-state index in [4.69, 9.17) is 9.47 Å². The van der Waals surface area contributed by atoms with Crippen molar-refractivity contribution >= 4 is 11.9 Å². The second-order valence-electron chi connectivity index (χ2n) is 9.65. The zero-order chi connectivity index (χ0) is 23.9. The van der Waals surface area contributed by atoms with Crippen LogP contribution >= 0.6 is 0 Å². The molecule has 32 heavy (non-hydrogen) atoms. The van der Waals surface area contributed by atoms with Crippen molar-refractivity contribution in [3.05, 3.63) is 0 Å². The molecule has 0 aliphatic carbocycles. The lowest BCUT2D eigenvalue weighted by Crippen LogP contribution is -2.25. The molecule has 1 N–H and O–H groups in total. The first-order chi connectivity index (χ1) is 15.5. The van der Waals surface area contributed by atoms with Crippen molar-refractivity contribution in [2.24, 2.45) is 5.92 Å². The fourth-order valence-corrected chi connectivity index (χ4v) is 3.68. The van der Waals surface area contributed by atoms with E-state index in [1.165, 1.54) is 64.2 Å². The second kappa shape index (κ2) is 23.1. The number of aliphatic hydroxyl groups excluding tert-OH is 1. The zero-order valence-corrected chi connectivity index (χ0v) is 21.4. The molecule has 0 saturated heterocycles. The number of hydrogen-bond acceptors (Lipinski definition) is 5. The third kappa shape index (κ3) is 23.6. The summed E-state index contributed by atoms with van der Waals surface area (Å²) in [5.41, 5.74) is 0. The van der Waals surface area contributed by atoms with Crippen LogP contribution in [0.2, 0.25) is 0 Å². The minimum atomic E-state index is -0.951. The van der Waals surface area contributed by atoms with Gasteiger partial charge < -0.3 is 14.6 Å². The SMILES string of the molecule is CCCCCCCCCC(=O)OC[C@H](O)COC(=O)CCCCCCCCCCC(C)C. The van der Waals surface area contributed by atoms with Crippen molar-refractivity contribution in [1.82, 2.24) is 0 Å². The minimum Gasteiger partial charge on any atom is -0.463 e. The largest absolute Gasteiger partial charge is 0.463 e. The van der Waals surface area contributed by atoms with Gasteiger partial charge in [0.25, 0.3) is 0 Å². The van der Waals surface area contributed by atoms with Gasteiger partial charge in [-0.25, -0.2) is 0 Å². The number of esters is 2. The summed E-state index contributed by atoms with van der Waals surface area (Å²) in [6.07, 6.45) is 18.7. The molecule has 0 saturated carbocycles. The van der Waals surface area contributed by atoms with Gasteiger partial charge in [-0.15, -0.1) is 0 Å². The van der Waals surface area contributed by atoms with E-state index in [0.717, 1.165) is 44.4 Å². The summed E-state index contributed by atoms with van der Waals surface area (Å²) in [5.74, 6) is 0.238. The van der Waals surface area contributed by atoms with Gasteiger partial charge in [0.1, 0.15) is 19.3 Å². The number of unbranched alkanes of at least 4 members (excludes halogenated alkanes) is 13. The van der Waals surface area contributed by atoms with Crippen molar-refractivity contribution in [3.63, 3.8) is 0 Å². The average Bonchev–Trinajstić information content (AvgIpc) is 2.76. The van der Waals surface area contributed by atoms with E-state index in [2.05, 4.69) is 20.8 Å². The van der Waals surface area contributed by atoms with Crippen LogP contribution in [0.3, 0.4) is 0 Å². The number of ether oxygens (including phenoxy) is 2. The summed E-state index contributed by atoms with van der Waals surface area (Å²) < 4.78 is 10.2. The molecule has 0 aromatic rings. The highest BCUT2D eigenvalue weighted by Gasteiger charge is 2.12. The van der Waals surface area contributed by atoms with Gasteiger partial charge in [-0.3, -0.25) is 9.59 Å². The summed E-state index contributed by atoms with van der Waals surface area (Å²) in [4.78, 5) is 23.5. The molecule has 0 aliphatic rings. The Morgan fingerprint density at radius 3 is 1.41 bits per heavy atom. The van der Waals surface area contributed by atoms with E-state index >= 15 is 0 Å². The van der Waals surface area contributed by atoms with Crippen LogP contribution in [0.1, 0.15) is 136 Å². The van der Waals surface area contributed by atoms with E-state index in [9.17, 15) is 14.7 Å². The molecule has 0 spiro atoms. The Bertz CT molecular complexity index is 436. The van der Waals surface area contributed by atoms with E-state index in [1.807, 2.05) is 0 Å². The van der Waals surface area contributed by atoms with Crippen molar-refractivity contribution < 1.29 is 24.2 Å². The molecule has 1 atom stereocenters. The predicted octanol–water partition coefficient (Wildman–Crippen LogP) is 7.13. The summed E-state index contributed by atoms with van der Waals surface area (Å²) in [7, 11) is 0. The van der Waals surface area contributed by atoms with E-state index in [0.29, 0.717) is 12.8 Å². The number of carbonyl (C=O) groups is 2. The van der Waals surface area contributed by atoms with Crippen LogP contribution in [0.4, 0.5) is 0 Å². The summed E-state index contributed by atoms with van der Waals surface area (Å²) >= 11 is 0. The number of rotatable bonds is 23. The molecule has 0 aromatic heterocycles. The summed E-state index contributed by atoms with van der Waals surface area (Å²) in [6, 6.07) is 0. The average molecular weight is 457 g/mol. The molecule has 0 fully saturated rings. The molecule has 0 unspecified atom stereocenters. The standard InChI is InChI=1S/C27H52O5/c1-4-5-6-7-10-14-17-20-26(29)31-22-25(28)23-32-27(30)21-18-15-12-9-8-11-13-16-19-24(2)3/h24-25,28H,4-23H2,1-3H3/t25-/m0/s1. The van der Waals surface area contributed by atoms with Crippen molar-refractivity contribution in [3.8, 4) is 0 Å². The number of carbonyl (C=O) groups excluding carboxylic acids is 2. The Hall–Kier alpha value is -1.10. The lowest BCUT2D eigenvalue weighted by molar-refractivity contribution is -0.152. The first kappa shape index (κ1) is 30.9. The normalized spacial score (nSPS) is 12.2. The highest BCUT2D eigenvalue weighted by Crippen LogP contribution is 2.13. The van der Waals surface area contributed by atoms with Gasteiger partial charge in [0.15, 0.2) is 0 Å². The van der Waals surface area contributed by atoms with Crippen LogP contribution in [0.5, 0.6) is 0 Å². The van der Waals surface area contributed by atoms with Crippen LogP contribution in [-0.4, -0.2) is 36.4 Å². The first-order valence-electron chi connectivity index (χ1n) is 13.4. The molecule has 5 nitrogen and oxygen atoms in total. The Labute approximate surface area is 198 Å². The maximum Gasteiger partial charge on any atom is 0.305 e. The van der Waals surface area contributed by atoms with Crippen molar-refractivity contribution in [2.45, 2.75) is 142 Å². The first-order valence-corrected chi connectivity index (χ1v) is 13.4. The van der Waals surface area contributed by atoms with E-state index in [-0.39, 0.29) is 25.2 Å². The van der Waals surface area contributed by atoms with Gasteiger partial charge >= 0.3 is 11.9 Å². The predicted molar refractivity (Wildman–Crippen MR) is 132 cm³/mol. The Morgan fingerprint density at radius 2 is 1.00 bits per heavy atom. The Morgan fingerprint density at radius 1 is 0.625 bits per heavy atom. The molecule has 0 heterocycles. The number of aliphatic hydroxyl groups is 1. The molecule has 0 radical (unpaired) electrons. The molecular formula is C27H52O5. The fraction of sp³-hybridized carbons (Fsp3) is 0.926. The molecule has 0 aromatic carbocycles. The van der Waals surface area contributed by atoms with Gasteiger partial charge in [0.2, 0.25) is 0 Å². The minimum absolute atomic E-state index is 0.111. The maximum absolute atomic E-state index is 11.8. The lowest BCUT2D eigenvalue weighted by atomic mass is 10.0. The van der Waals surface area contributed by atoms with Gasteiger partial charge in [0, 0.05) is 12.8 Å². The van der Waals surface area contributed by atoms with Crippen LogP contribution in [0.15, 0.2) is 0 Å². The Kier molecular flexibility index (Phi) is 22.3. The lowest BCUT2D eigenvalue weighted by Gasteiger charge is -2.12. The monoisotopic (exact) mass is 456 g/mol. The topological polar surface area (TPSA) is 72.8 Å². The zero-order valence-electron chi connectivity index (χ0n) is 21.4. The third-order valence-electron chi connectivity index (χ3n) is 5.77. The molecule has 0 bridgehead atoms. The van der Waals surface area contributed by atoms with Crippen molar-refractivity contribution in [1.29, 1.82) is 0 Å². The van der Waals surface area contributed by atoms with Crippen LogP contribution in [0.25, 0.3) is 0 Å². The second-order valence-corrected chi connectivity index (χ2v) is 9.65. The summed E-state index contributed by atoms with van der Waals surface area (Å²) in [5, 5.41) is 9.85. The maximum atomic E-state index is 11.8. The number of hydrogen-bond donors (Lipinski definition) is 1. The Balaban J connectivity index is 3.45. The van der Waals surface area contributed by atoms with Gasteiger partial charge in [-0.05, 0) is 18.8 Å². The smallest absolute Gasteiger partial charge is 0.305 e. The van der Waals surface area contributed by atoms with Gasteiger partial charge in [-0.2, -0.15) is 0 Å².